The van der Waals surface area contributed by atoms with Gasteiger partial charge in [0.15, 0.2) is 5.82 Å². The van der Waals surface area contributed by atoms with Crippen molar-refractivity contribution in [1.29, 1.82) is 0 Å². The van der Waals surface area contributed by atoms with Gasteiger partial charge in [-0.05, 0) is 24.6 Å². The maximum absolute atomic E-state index is 12.7. The van der Waals surface area contributed by atoms with Gasteiger partial charge in [-0.3, -0.25) is 4.79 Å². The van der Waals surface area contributed by atoms with E-state index in [0.29, 0.717) is 18.7 Å². The Labute approximate surface area is 117 Å². The summed E-state index contributed by atoms with van der Waals surface area (Å²) >= 11 is 0. The van der Waals surface area contributed by atoms with E-state index in [-0.39, 0.29) is 5.91 Å². The van der Waals surface area contributed by atoms with Gasteiger partial charge in [0.25, 0.3) is 5.91 Å². The van der Waals surface area contributed by atoms with Crippen molar-refractivity contribution >= 4 is 11.6 Å². The quantitative estimate of drug-likeness (QED) is 0.894. The number of benzene rings is 1. The average molecular weight is 271 g/mol. The first-order chi connectivity index (χ1) is 9.69. The molecule has 1 amide bonds. The topological polar surface area (TPSA) is 63.1 Å². The molecule has 0 saturated carbocycles. The smallest absolute Gasteiger partial charge is 0.256 e. The number of anilines is 1. The summed E-state index contributed by atoms with van der Waals surface area (Å²) in [4.78, 5) is 14.5. The summed E-state index contributed by atoms with van der Waals surface area (Å²) in [5.74, 6) is 0.867. The van der Waals surface area contributed by atoms with Gasteiger partial charge in [0.05, 0.1) is 12.1 Å². The molecule has 1 N–H and O–H groups in total. The molecule has 6 nitrogen and oxygen atoms in total. The van der Waals surface area contributed by atoms with Gasteiger partial charge in [-0.25, -0.2) is 0 Å². The number of carbonyl (C=O) groups is 1. The van der Waals surface area contributed by atoms with E-state index >= 15 is 0 Å². The number of nitrogens with one attached hydrogen (secondary N) is 1. The molecule has 0 aliphatic carbocycles. The molecule has 0 atom stereocenters. The monoisotopic (exact) mass is 271 g/mol. The maximum atomic E-state index is 12.7. The molecule has 1 aliphatic rings. The Balaban J connectivity index is 1.87. The van der Waals surface area contributed by atoms with Gasteiger partial charge in [0.1, 0.15) is 6.33 Å². The van der Waals surface area contributed by atoms with Crippen LogP contribution < -0.4 is 5.32 Å². The lowest BCUT2D eigenvalue weighted by atomic mass is 10.1. The Hall–Kier alpha value is -2.37. The largest absolute Gasteiger partial charge is 0.387 e. The van der Waals surface area contributed by atoms with Crippen molar-refractivity contribution in [2.45, 2.75) is 20.0 Å². The zero-order chi connectivity index (χ0) is 14.1. The highest BCUT2D eigenvalue weighted by molar-refractivity contribution is 5.99. The van der Waals surface area contributed by atoms with E-state index in [0.717, 1.165) is 23.6 Å². The first-order valence-electron chi connectivity index (χ1n) is 6.63. The maximum Gasteiger partial charge on any atom is 0.256 e. The van der Waals surface area contributed by atoms with Crippen molar-refractivity contribution in [2.24, 2.45) is 0 Å². The van der Waals surface area contributed by atoms with Crippen LogP contribution >= 0.6 is 0 Å². The van der Waals surface area contributed by atoms with Crippen LogP contribution in [0, 0.1) is 6.92 Å². The van der Waals surface area contributed by atoms with E-state index < -0.39 is 0 Å². The number of aryl methyl sites for hydroxylation is 1. The molecule has 0 unspecified atom stereocenters. The molecule has 0 saturated heterocycles. The van der Waals surface area contributed by atoms with Crippen LogP contribution in [0.5, 0.6) is 0 Å². The van der Waals surface area contributed by atoms with Gasteiger partial charge in [-0.15, -0.1) is 10.2 Å². The molecule has 20 heavy (non-hydrogen) atoms. The number of aromatic nitrogens is 3. The third-order valence-electron chi connectivity index (χ3n) is 3.60. The molecule has 0 fully saturated rings. The van der Waals surface area contributed by atoms with Crippen molar-refractivity contribution in [2.75, 3.05) is 18.9 Å². The summed E-state index contributed by atoms with van der Waals surface area (Å²) < 4.78 is 1.98. The normalized spacial score (nSPS) is 14.0. The summed E-state index contributed by atoms with van der Waals surface area (Å²) in [5.41, 5.74) is 2.69. The first-order valence-corrected chi connectivity index (χ1v) is 6.63. The van der Waals surface area contributed by atoms with Crippen LogP contribution in [-0.2, 0) is 13.1 Å². The highest BCUT2D eigenvalue weighted by atomic mass is 16.2. The van der Waals surface area contributed by atoms with E-state index in [9.17, 15) is 4.79 Å². The van der Waals surface area contributed by atoms with Crippen molar-refractivity contribution < 1.29 is 4.79 Å². The Morgan fingerprint density at radius 3 is 3.00 bits per heavy atom. The minimum absolute atomic E-state index is 0.0311. The van der Waals surface area contributed by atoms with Gasteiger partial charge in [-0.1, -0.05) is 6.07 Å². The van der Waals surface area contributed by atoms with Crippen LogP contribution in [0.4, 0.5) is 5.69 Å². The molecule has 0 radical (unpaired) electrons. The number of rotatable bonds is 2. The summed E-state index contributed by atoms with van der Waals surface area (Å²) in [5, 5.41) is 11.0. The van der Waals surface area contributed by atoms with E-state index in [2.05, 4.69) is 15.5 Å². The van der Waals surface area contributed by atoms with Crippen LogP contribution in [0.2, 0.25) is 0 Å². The number of amides is 1. The number of fused-ring (bicyclic) bond motifs is 1. The fourth-order valence-corrected chi connectivity index (χ4v) is 2.46. The van der Waals surface area contributed by atoms with E-state index in [4.69, 9.17) is 0 Å². The number of hydrogen-bond donors (Lipinski definition) is 1. The average Bonchev–Trinajstić information content (AvgIpc) is 2.93. The predicted molar refractivity (Wildman–Crippen MR) is 75.5 cm³/mol. The number of hydrogen-bond acceptors (Lipinski definition) is 4. The van der Waals surface area contributed by atoms with E-state index in [1.807, 2.05) is 41.6 Å². The predicted octanol–water partition coefficient (Wildman–Crippen LogP) is 1.28. The minimum Gasteiger partial charge on any atom is -0.387 e. The third kappa shape index (κ3) is 2.13. The molecule has 2 heterocycles. The molecule has 2 aromatic rings. The van der Waals surface area contributed by atoms with Gasteiger partial charge in [0, 0.05) is 25.8 Å². The molecule has 1 aliphatic heterocycles. The summed E-state index contributed by atoms with van der Waals surface area (Å²) in [6.45, 7) is 3.95. The van der Waals surface area contributed by atoms with Crippen LogP contribution in [-0.4, -0.2) is 39.2 Å². The van der Waals surface area contributed by atoms with Crippen LogP contribution in [0.1, 0.15) is 21.7 Å². The van der Waals surface area contributed by atoms with Crippen molar-refractivity contribution in [3.63, 3.8) is 0 Å². The lowest BCUT2D eigenvalue weighted by Crippen LogP contribution is -2.38. The molecule has 6 heteroatoms. The minimum atomic E-state index is 0.0311. The van der Waals surface area contributed by atoms with Crippen molar-refractivity contribution in [3.8, 4) is 0 Å². The molecule has 104 valence electrons. The molecule has 0 bridgehead atoms. The van der Waals surface area contributed by atoms with E-state index in [1.165, 1.54) is 0 Å². The van der Waals surface area contributed by atoms with Crippen molar-refractivity contribution in [1.82, 2.24) is 19.7 Å². The second-order valence-corrected chi connectivity index (χ2v) is 4.97. The van der Waals surface area contributed by atoms with Crippen LogP contribution in [0.25, 0.3) is 0 Å². The fraction of sp³-hybridized carbons (Fsp3) is 0.357. The molecule has 3 rings (SSSR count). The van der Waals surface area contributed by atoms with Gasteiger partial charge < -0.3 is 14.8 Å². The second kappa shape index (κ2) is 4.96. The summed E-state index contributed by atoms with van der Waals surface area (Å²) in [6, 6.07) is 5.82. The second-order valence-electron chi connectivity index (χ2n) is 4.97. The van der Waals surface area contributed by atoms with Gasteiger partial charge in [0.2, 0.25) is 0 Å². The molecule has 1 aromatic heterocycles. The Morgan fingerprint density at radius 2 is 2.20 bits per heavy atom. The zero-order valence-corrected chi connectivity index (χ0v) is 11.6. The molecule has 1 aromatic carbocycles. The molecular weight excluding hydrogens is 254 g/mol. The molecule has 0 spiro atoms. The fourth-order valence-electron chi connectivity index (χ4n) is 2.46. The zero-order valence-electron chi connectivity index (χ0n) is 11.6. The summed E-state index contributed by atoms with van der Waals surface area (Å²) in [6.07, 6.45) is 1.71. The lowest BCUT2D eigenvalue weighted by Gasteiger charge is -2.27. The standard InChI is InChI=1S/C14H17N5O/c1-10-3-4-11(12(7-10)15-2)14(20)18-5-6-19-9-16-17-13(19)8-18/h3-4,7,9,15H,5-6,8H2,1-2H3. The Bertz CT molecular complexity index is 649. The Kier molecular flexibility index (Phi) is 3.14. The van der Waals surface area contributed by atoms with Gasteiger partial charge in [-0.2, -0.15) is 0 Å². The SMILES string of the molecule is CNc1cc(C)ccc1C(=O)N1CCn2cnnc2C1. The van der Waals surface area contributed by atoms with Crippen LogP contribution in [0.3, 0.4) is 0 Å². The lowest BCUT2D eigenvalue weighted by molar-refractivity contribution is 0.0708. The van der Waals surface area contributed by atoms with Gasteiger partial charge >= 0.3 is 0 Å². The third-order valence-corrected chi connectivity index (χ3v) is 3.60. The number of carbonyl (C=O) groups excluding carboxylic acids is 1. The highest BCUT2D eigenvalue weighted by Crippen LogP contribution is 2.21. The number of nitrogens with zero attached hydrogens (tertiary/aromatic N) is 4. The molecular formula is C14H17N5O. The highest BCUT2D eigenvalue weighted by Gasteiger charge is 2.24. The van der Waals surface area contributed by atoms with Crippen LogP contribution in [0.15, 0.2) is 24.5 Å². The first kappa shape index (κ1) is 12.7. The van der Waals surface area contributed by atoms with E-state index in [1.54, 1.807) is 6.33 Å². The van der Waals surface area contributed by atoms with Crippen molar-refractivity contribution in [3.05, 3.63) is 41.5 Å². The summed E-state index contributed by atoms with van der Waals surface area (Å²) in [7, 11) is 1.83. The Morgan fingerprint density at radius 1 is 1.35 bits per heavy atom.